The summed E-state index contributed by atoms with van der Waals surface area (Å²) in [6.07, 6.45) is 1.75. The predicted octanol–water partition coefficient (Wildman–Crippen LogP) is 3.36. The van der Waals surface area contributed by atoms with E-state index in [9.17, 15) is 9.18 Å². The molecule has 0 aliphatic rings. The fraction of sp³-hybridized carbons (Fsp3) is 0.0625. The number of anilines is 2. The van der Waals surface area contributed by atoms with Crippen LogP contribution < -0.4 is 10.6 Å². The lowest BCUT2D eigenvalue weighted by Gasteiger charge is -2.05. The smallest absolute Gasteiger partial charge is 0.245 e. The molecule has 0 atom stereocenters. The highest BCUT2D eigenvalue weighted by molar-refractivity contribution is 7.23. The quantitative estimate of drug-likeness (QED) is 0.531. The van der Waals surface area contributed by atoms with Crippen LogP contribution in [0.2, 0.25) is 0 Å². The van der Waals surface area contributed by atoms with Gasteiger partial charge in [-0.3, -0.25) is 9.89 Å². The molecule has 0 saturated heterocycles. The van der Waals surface area contributed by atoms with Gasteiger partial charge in [-0.1, -0.05) is 11.3 Å². The molecule has 120 valence electrons. The average molecular weight is 341 g/mol. The summed E-state index contributed by atoms with van der Waals surface area (Å²) in [5.41, 5.74) is 2.42. The van der Waals surface area contributed by atoms with Crippen LogP contribution in [0.3, 0.4) is 0 Å². The van der Waals surface area contributed by atoms with E-state index in [4.69, 9.17) is 0 Å². The van der Waals surface area contributed by atoms with Crippen LogP contribution in [0.25, 0.3) is 21.1 Å². The van der Waals surface area contributed by atoms with Gasteiger partial charge in [0.2, 0.25) is 5.91 Å². The van der Waals surface area contributed by atoms with Gasteiger partial charge >= 0.3 is 0 Å². The molecule has 1 amide bonds. The number of halogens is 1. The number of carbonyl (C=O) groups is 1. The summed E-state index contributed by atoms with van der Waals surface area (Å²) >= 11 is 1.40. The van der Waals surface area contributed by atoms with Crippen molar-refractivity contribution in [2.45, 2.75) is 0 Å². The highest BCUT2D eigenvalue weighted by Crippen LogP contribution is 2.31. The Morgan fingerprint density at radius 2 is 2.04 bits per heavy atom. The second-order valence-electron chi connectivity index (χ2n) is 5.17. The maximum absolute atomic E-state index is 12.8. The van der Waals surface area contributed by atoms with Crippen LogP contribution in [0.4, 0.5) is 15.2 Å². The third kappa shape index (κ3) is 2.79. The second-order valence-corrected chi connectivity index (χ2v) is 6.17. The number of hydrogen-bond acceptors (Lipinski definition) is 5. The number of H-pyrrole nitrogens is 1. The molecule has 0 bridgehead atoms. The van der Waals surface area contributed by atoms with E-state index in [0.29, 0.717) is 10.8 Å². The van der Waals surface area contributed by atoms with Gasteiger partial charge in [-0.15, -0.1) is 0 Å². The van der Waals surface area contributed by atoms with E-state index in [-0.39, 0.29) is 18.3 Å². The molecule has 0 fully saturated rings. The molecule has 2 heterocycles. The summed E-state index contributed by atoms with van der Waals surface area (Å²) in [4.78, 5) is 16.5. The van der Waals surface area contributed by atoms with Crippen LogP contribution in [0.1, 0.15) is 0 Å². The summed E-state index contributed by atoms with van der Waals surface area (Å²) < 4.78 is 13.8. The monoisotopic (exact) mass is 341 g/mol. The van der Waals surface area contributed by atoms with Crippen LogP contribution >= 0.6 is 11.3 Å². The molecule has 0 radical (unpaired) electrons. The molecule has 3 N–H and O–H groups in total. The Morgan fingerprint density at radius 1 is 1.21 bits per heavy atom. The van der Waals surface area contributed by atoms with E-state index in [1.807, 2.05) is 12.1 Å². The lowest BCUT2D eigenvalue weighted by molar-refractivity contribution is -0.114. The number of nitrogens with zero attached hydrogens (tertiary/aromatic N) is 2. The Balaban J connectivity index is 1.47. The minimum atomic E-state index is -0.315. The summed E-state index contributed by atoms with van der Waals surface area (Å²) in [6, 6.07) is 9.63. The van der Waals surface area contributed by atoms with Crippen molar-refractivity contribution >= 4 is 49.2 Å². The Kier molecular flexibility index (Phi) is 3.58. The molecule has 0 saturated carbocycles. The minimum absolute atomic E-state index is 0.0721. The van der Waals surface area contributed by atoms with E-state index >= 15 is 0 Å². The molecular formula is C16H12FN5OS. The molecule has 8 heteroatoms. The number of thiazole rings is 1. The fourth-order valence-corrected chi connectivity index (χ4v) is 3.36. The van der Waals surface area contributed by atoms with Crippen molar-refractivity contribution in [3.63, 3.8) is 0 Å². The molecule has 4 rings (SSSR count). The van der Waals surface area contributed by atoms with E-state index < -0.39 is 0 Å². The first kappa shape index (κ1) is 14.6. The third-order valence-electron chi connectivity index (χ3n) is 3.52. The van der Waals surface area contributed by atoms with Gasteiger partial charge in [0.1, 0.15) is 5.82 Å². The van der Waals surface area contributed by atoms with Crippen LogP contribution in [-0.2, 0) is 4.79 Å². The lowest BCUT2D eigenvalue weighted by atomic mass is 10.2. The predicted molar refractivity (Wildman–Crippen MR) is 92.8 cm³/mol. The molecule has 24 heavy (non-hydrogen) atoms. The standard InChI is InChI=1S/C16H12FN5OS/c17-9-1-3-10(4-2-9)18-8-14(23)21-16-20-13-6-5-12-11(7-19-22-12)15(13)24-16/h1-7,18H,8H2,(H,19,22)(H,20,21,23). The number of benzene rings is 2. The molecule has 0 aliphatic carbocycles. The molecule has 2 aromatic heterocycles. The van der Waals surface area contributed by atoms with Crippen molar-refractivity contribution in [1.29, 1.82) is 0 Å². The number of aromatic nitrogens is 3. The number of rotatable bonds is 4. The molecular weight excluding hydrogens is 329 g/mol. The zero-order chi connectivity index (χ0) is 16.5. The first-order valence-corrected chi connectivity index (χ1v) is 8.02. The first-order chi connectivity index (χ1) is 11.7. The summed E-state index contributed by atoms with van der Waals surface area (Å²) in [5.74, 6) is -0.535. The van der Waals surface area contributed by atoms with Gasteiger partial charge in [0.15, 0.2) is 5.13 Å². The van der Waals surface area contributed by atoms with Gasteiger partial charge < -0.3 is 10.6 Å². The van der Waals surface area contributed by atoms with Crippen molar-refractivity contribution in [3.05, 3.63) is 48.4 Å². The van der Waals surface area contributed by atoms with Crippen molar-refractivity contribution in [1.82, 2.24) is 15.2 Å². The Labute approximate surface area is 139 Å². The van der Waals surface area contributed by atoms with Crippen LogP contribution in [-0.4, -0.2) is 27.6 Å². The van der Waals surface area contributed by atoms with E-state index in [1.54, 1.807) is 18.3 Å². The van der Waals surface area contributed by atoms with E-state index in [1.165, 1.54) is 23.5 Å². The number of aromatic amines is 1. The highest BCUT2D eigenvalue weighted by Gasteiger charge is 2.11. The van der Waals surface area contributed by atoms with Crippen LogP contribution in [0.15, 0.2) is 42.6 Å². The van der Waals surface area contributed by atoms with Gasteiger partial charge in [0.25, 0.3) is 0 Å². The van der Waals surface area contributed by atoms with Gasteiger partial charge in [0.05, 0.1) is 28.5 Å². The van der Waals surface area contributed by atoms with E-state index in [0.717, 1.165) is 21.1 Å². The normalized spacial score (nSPS) is 11.0. The third-order valence-corrected chi connectivity index (χ3v) is 4.54. The van der Waals surface area contributed by atoms with E-state index in [2.05, 4.69) is 25.8 Å². The average Bonchev–Trinajstić information content (AvgIpc) is 3.19. The number of nitrogens with one attached hydrogen (secondary N) is 3. The van der Waals surface area contributed by atoms with Crippen molar-refractivity contribution in [2.75, 3.05) is 17.2 Å². The Bertz CT molecular complexity index is 1020. The van der Waals surface area contributed by atoms with Crippen molar-refractivity contribution in [3.8, 4) is 0 Å². The number of carbonyl (C=O) groups excluding carboxylic acids is 1. The summed E-state index contributed by atoms with van der Waals surface area (Å²) in [6.45, 7) is 0.0721. The summed E-state index contributed by atoms with van der Waals surface area (Å²) in [7, 11) is 0. The van der Waals surface area contributed by atoms with Crippen molar-refractivity contribution < 1.29 is 9.18 Å². The van der Waals surface area contributed by atoms with Gasteiger partial charge in [-0.2, -0.15) is 5.10 Å². The number of amides is 1. The Hall–Kier alpha value is -3.00. The fourth-order valence-electron chi connectivity index (χ4n) is 2.37. The maximum atomic E-state index is 12.8. The summed E-state index contributed by atoms with van der Waals surface area (Å²) in [5, 5.41) is 14.1. The molecule has 0 spiro atoms. The number of hydrogen-bond donors (Lipinski definition) is 3. The van der Waals surface area contributed by atoms with Gasteiger partial charge in [-0.25, -0.2) is 9.37 Å². The van der Waals surface area contributed by atoms with Gasteiger partial charge in [0, 0.05) is 11.1 Å². The lowest BCUT2D eigenvalue weighted by Crippen LogP contribution is -2.21. The van der Waals surface area contributed by atoms with Crippen LogP contribution in [0, 0.1) is 5.82 Å². The zero-order valence-electron chi connectivity index (χ0n) is 12.3. The molecule has 6 nitrogen and oxygen atoms in total. The molecule has 0 unspecified atom stereocenters. The van der Waals surface area contributed by atoms with Gasteiger partial charge in [-0.05, 0) is 36.4 Å². The number of fused-ring (bicyclic) bond motifs is 3. The molecule has 4 aromatic rings. The minimum Gasteiger partial charge on any atom is -0.376 e. The SMILES string of the molecule is O=C(CNc1ccc(F)cc1)Nc1nc2ccc3[nH]ncc3c2s1. The second kappa shape index (κ2) is 5.89. The molecule has 0 aliphatic heterocycles. The maximum Gasteiger partial charge on any atom is 0.245 e. The zero-order valence-corrected chi connectivity index (χ0v) is 13.2. The topological polar surface area (TPSA) is 82.7 Å². The highest BCUT2D eigenvalue weighted by atomic mass is 32.1. The Morgan fingerprint density at radius 3 is 2.88 bits per heavy atom. The largest absolute Gasteiger partial charge is 0.376 e. The van der Waals surface area contributed by atoms with Crippen molar-refractivity contribution in [2.24, 2.45) is 0 Å². The molecule has 2 aromatic carbocycles. The van der Waals surface area contributed by atoms with Crippen LogP contribution in [0.5, 0.6) is 0 Å². The first-order valence-electron chi connectivity index (χ1n) is 7.21.